The summed E-state index contributed by atoms with van der Waals surface area (Å²) in [6, 6.07) is 13.9. The molecule has 0 bridgehead atoms. The van der Waals surface area contributed by atoms with Crippen LogP contribution in [-0.2, 0) is 17.8 Å². The molecule has 3 aromatic rings. The van der Waals surface area contributed by atoms with Gasteiger partial charge in [0.1, 0.15) is 6.04 Å². The minimum Gasteiger partial charge on any atom is -0.480 e. The second-order valence-electron chi connectivity index (χ2n) is 6.27. The molecule has 4 N–H and O–H groups in total. The number of aromatic nitrogens is 1. The van der Waals surface area contributed by atoms with E-state index in [2.05, 4.69) is 15.6 Å². The van der Waals surface area contributed by atoms with Gasteiger partial charge < -0.3 is 20.7 Å². The molecule has 0 saturated carbocycles. The molecule has 134 valence electrons. The van der Waals surface area contributed by atoms with Gasteiger partial charge in [0.2, 0.25) is 0 Å². The second-order valence-corrected chi connectivity index (χ2v) is 6.27. The fourth-order valence-corrected chi connectivity index (χ4v) is 2.93. The van der Waals surface area contributed by atoms with Crippen LogP contribution in [0.15, 0.2) is 54.7 Å². The zero-order chi connectivity index (χ0) is 18.5. The summed E-state index contributed by atoms with van der Waals surface area (Å²) >= 11 is 0. The Morgan fingerprint density at radius 1 is 1.15 bits per heavy atom. The van der Waals surface area contributed by atoms with Crippen LogP contribution < -0.4 is 10.6 Å². The molecular formula is C20H21N3O3. The van der Waals surface area contributed by atoms with Crippen LogP contribution in [0.3, 0.4) is 0 Å². The van der Waals surface area contributed by atoms with Crippen LogP contribution in [-0.4, -0.2) is 28.1 Å². The summed E-state index contributed by atoms with van der Waals surface area (Å²) in [7, 11) is 0. The van der Waals surface area contributed by atoms with E-state index < -0.39 is 18.0 Å². The Morgan fingerprint density at radius 2 is 1.96 bits per heavy atom. The molecule has 2 aromatic carbocycles. The van der Waals surface area contributed by atoms with Gasteiger partial charge in [-0.1, -0.05) is 48.0 Å². The number of urea groups is 1. The summed E-state index contributed by atoms with van der Waals surface area (Å²) in [5.74, 6) is -1.07. The van der Waals surface area contributed by atoms with Gasteiger partial charge in [0.15, 0.2) is 0 Å². The highest BCUT2D eigenvalue weighted by Crippen LogP contribution is 2.19. The van der Waals surface area contributed by atoms with E-state index in [1.807, 2.05) is 55.5 Å². The number of para-hydroxylation sites is 1. The minimum atomic E-state index is -1.07. The van der Waals surface area contributed by atoms with Crippen LogP contribution in [0.25, 0.3) is 10.9 Å². The molecule has 1 atom stereocenters. The number of carbonyl (C=O) groups excluding carboxylic acids is 1. The van der Waals surface area contributed by atoms with E-state index in [0.29, 0.717) is 6.54 Å². The zero-order valence-electron chi connectivity index (χ0n) is 14.5. The molecule has 3 rings (SSSR count). The number of hydrogen-bond donors (Lipinski definition) is 4. The fraction of sp³-hybridized carbons (Fsp3) is 0.200. The number of rotatable bonds is 6. The maximum atomic E-state index is 12.1. The maximum absolute atomic E-state index is 12.1. The monoisotopic (exact) mass is 351 g/mol. The first-order valence-corrected chi connectivity index (χ1v) is 8.40. The van der Waals surface area contributed by atoms with E-state index in [4.69, 9.17) is 0 Å². The molecule has 26 heavy (non-hydrogen) atoms. The van der Waals surface area contributed by atoms with Crippen molar-refractivity contribution in [3.63, 3.8) is 0 Å². The first kappa shape index (κ1) is 17.5. The summed E-state index contributed by atoms with van der Waals surface area (Å²) in [5.41, 5.74) is 3.86. The van der Waals surface area contributed by atoms with Crippen LogP contribution in [0.5, 0.6) is 0 Å². The highest BCUT2D eigenvalue weighted by atomic mass is 16.4. The van der Waals surface area contributed by atoms with Crippen LogP contribution in [0, 0.1) is 6.92 Å². The number of carboxylic acids is 1. The largest absolute Gasteiger partial charge is 0.480 e. The van der Waals surface area contributed by atoms with Gasteiger partial charge in [-0.15, -0.1) is 0 Å². The topological polar surface area (TPSA) is 94.2 Å². The van der Waals surface area contributed by atoms with Crippen LogP contribution >= 0.6 is 0 Å². The van der Waals surface area contributed by atoms with Crippen LogP contribution in [0.4, 0.5) is 4.79 Å². The van der Waals surface area contributed by atoms with E-state index in [9.17, 15) is 14.7 Å². The van der Waals surface area contributed by atoms with E-state index >= 15 is 0 Å². The smallest absolute Gasteiger partial charge is 0.326 e. The van der Waals surface area contributed by atoms with E-state index in [1.54, 1.807) is 6.20 Å². The Labute approximate surface area is 151 Å². The summed E-state index contributed by atoms with van der Waals surface area (Å²) in [6.07, 6.45) is 1.99. The number of hydrogen-bond acceptors (Lipinski definition) is 2. The normalized spacial score (nSPS) is 11.9. The molecule has 1 heterocycles. The first-order valence-electron chi connectivity index (χ1n) is 8.40. The molecule has 6 heteroatoms. The van der Waals surface area contributed by atoms with Crippen molar-refractivity contribution in [1.29, 1.82) is 0 Å². The van der Waals surface area contributed by atoms with Crippen molar-refractivity contribution in [2.24, 2.45) is 0 Å². The van der Waals surface area contributed by atoms with Gasteiger partial charge in [0.25, 0.3) is 0 Å². The summed E-state index contributed by atoms with van der Waals surface area (Å²) in [5, 5.41) is 15.7. The molecule has 0 saturated heterocycles. The summed E-state index contributed by atoms with van der Waals surface area (Å²) < 4.78 is 0. The van der Waals surface area contributed by atoms with Gasteiger partial charge in [-0.05, 0) is 24.1 Å². The Bertz CT molecular complexity index is 933. The average Bonchev–Trinajstić information content (AvgIpc) is 3.02. The lowest BCUT2D eigenvalue weighted by atomic mass is 10.1. The van der Waals surface area contributed by atoms with Crippen LogP contribution in [0.2, 0.25) is 0 Å². The minimum absolute atomic E-state index is 0.206. The third-order valence-corrected chi connectivity index (χ3v) is 4.24. The van der Waals surface area contributed by atoms with Gasteiger partial charge >= 0.3 is 12.0 Å². The van der Waals surface area contributed by atoms with Crippen molar-refractivity contribution in [3.8, 4) is 0 Å². The molecule has 0 radical (unpaired) electrons. The van der Waals surface area contributed by atoms with E-state index in [-0.39, 0.29) is 6.42 Å². The quantitative estimate of drug-likeness (QED) is 0.550. The molecule has 0 aliphatic rings. The van der Waals surface area contributed by atoms with Gasteiger partial charge in [-0.2, -0.15) is 0 Å². The Hall–Kier alpha value is -3.28. The number of carboxylic acid groups (broad SMARTS) is 1. The Kier molecular flexibility index (Phi) is 5.22. The number of benzene rings is 2. The Morgan fingerprint density at radius 3 is 2.73 bits per heavy atom. The van der Waals surface area contributed by atoms with Crippen LogP contribution in [0.1, 0.15) is 16.7 Å². The number of nitrogens with one attached hydrogen (secondary N) is 3. The van der Waals surface area contributed by atoms with E-state index in [1.165, 1.54) is 0 Å². The third kappa shape index (κ3) is 4.22. The number of carbonyl (C=O) groups is 2. The lowest BCUT2D eigenvalue weighted by molar-refractivity contribution is -0.139. The lowest BCUT2D eigenvalue weighted by Gasteiger charge is -2.15. The van der Waals surface area contributed by atoms with Gasteiger partial charge in [0.05, 0.1) is 0 Å². The lowest BCUT2D eigenvalue weighted by Crippen LogP contribution is -2.46. The number of aromatic amines is 1. The molecule has 1 aromatic heterocycles. The fourth-order valence-electron chi connectivity index (χ4n) is 2.93. The van der Waals surface area contributed by atoms with Gasteiger partial charge in [-0.3, -0.25) is 0 Å². The van der Waals surface area contributed by atoms with E-state index in [0.717, 1.165) is 27.6 Å². The van der Waals surface area contributed by atoms with Crippen molar-refractivity contribution < 1.29 is 14.7 Å². The number of H-pyrrole nitrogens is 1. The van der Waals surface area contributed by atoms with Crippen molar-refractivity contribution in [2.45, 2.75) is 25.9 Å². The highest BCUT2D eigenvalue weighted by molar-refractivity contribution is 5.86. The molecule has 0 fully saturated rings. The molecule has 0 spiro atoms. The Balaban J connectivity index is 1.63. The molecule has 0 aliphatic heterocycles. The number of fused-ring (bicyclic) bond motifs is 1. The standard InChI is InChI=1S/C20H21N3O3/c1-13-5-4-6-14(9-13)11-22-20(26)23-18(19(24)25)10-15-12-21-17-8-3-2-7-16(15)17/h2-9,12,18,21H,10-11H2,1H3,(H,24,25)(H2,22,23,26)/t18-/m1/s1. The summed E-state index contributed by atoms with van der Waals surface area (Å²) in [4.78, 5) is 26.8. The number of amides is 2. The number of aliphatic carboxylic acids is 1. The van der Waals surface area contributed by atoms with Crippen molar-refractivity contribution in [3.05, 3.63) is 71.4 Å². The van der Waals surface area contributed by atoms with Crippen molar-refractivity contribution >= 4 is 22.9 Å². The van der Waals surface area contributed by atoms with Crippen molar-refractivity contribution in [2.75, 3.05) is 0 Å². The predicted molar refractivity (Wildman–Crippen MR) is 100.0 cm³/mol. The van der Waals surface area contributed by atoms with Gasteiger partial charge in [0, 0.05) is 30.1 Å². The first-order chi connectivity index (χ1) is 12.5. The highest BCUT2D eigenvalue weighted by Gasteiger charge is 2.21. The SMILES string of the molecule is Cc1cccc(CNC(=O)N[C@H](Cc2c[nH]c3ccccc23)C(=O)O)c1. The molecule has 0 unspecified atom stereocenters. The average molecular weight is 351 g/mol. The molecule has 2 amide bonds. The maximum Gasteiger partial charge on any atom is 0.326 e. The van der Waals surface area contributed by atoms with Crippen molar-refractivity contribution in [1.82, 2.24) is 15.6 Å². The van der Waals surface area contributed by atoms with Gasteiger partial charge in [-0.25, -0.2) is 9.59 Å². The molecule has 0 aliphatic carbocycles. The molecular weight excluding hydrogens is 330 g/mol. The zero-order valence-corrected chi connectivity index (χ0v) is 14.5. The third-order valence-electron chi connectivity index (χ3n) is 4.24. The molecule has 6 nitrogen and oxygen atoms in total. The second kappa shape index (κ2) is 7.74. The number of aryl methyl sites for hydroxylation is 1. The summed E-state index contributed by atoms with van der Waals surface area (Å²) in [6.45, 7) is 2.32. The predicted octanol–water partition coefficient (Wildman–Crippen LogP) is 2.97.